The second-order valence-electron chi connectivity index (χ2n) is 3.68. The Morgan fingerprint density at radius 3 is 2.88 bits per heavy atom. The van der Waals surface area contributed by atoms with Crippen molar-refractivity contribution < 1.29 is 8.94 Å². The Bertz CT molecular complexity index is 637. The number of nitrogens with two attached hydrogens (primary N) is 1. The lowest BCUT2D eigenvalue weighted by Gasteiger charge is -1.97. The lowest BCUT2D eigenvalue weighted by Crippen LogP contribution is -1.85. The van der Waals surface area contributed by atoms with Crippen molar-refractivity contribution in [2.45, 2.75) is 6.92 Å². The minimum atomic E-state index is 0.318. The maximum atomic E-state index is 5.82. The first-order valence-corrected chi connectivity index (χ1v) is 5.99. The van der Waals surface area contributed by atoms with E-state index >= 15 is 0 Å². The van der Waals surface area contributed by atoms with Crippen molar-refractivity contribution in [3.8, 4) is 21.9 Å². The van der Waals surface area contributed by atoms with Crippen LogP contribution in [0.5, 0.6) is 0 Å². The number of hydrogen-bond donors (Lipinski definition) is 1. The molecule has 0 saturated heterocycles. The summed E-state index contributed by atoms with van der Waals surface area (Å²) < 4.78 is 10.5. The Kier molecular flexibility index (Phi) is 2.26. The van der Waals surface area contributed by atoms with Crippen LogP contribution in [0, 0.1) is 6.92 Å². The maximum Gasteiger partial charge on any atom is 0.231 e. The highest BCUT2D eigenvalue weighted by atomic mass is 32.1. The highest BCUT2D eigenvalue weighted by Crippen LogP contribution is 2.39. The molecule has 2 N–H and O–H groups in total. The van der Waals surface area contributed by atoms with Crippen molar-refractivity contribution in [2.24, 2.45) is 0 Å². The molecule has 0 aromatic carbocycles. The summed E-state index contributed by atoms with van der Waals surface area (Å²) in [6.45, 7) is 1.96. The minimum absolute atomic E-state index is 0.318. The van der Waals surface area contributed by atoms with Crippen LogP contribution in [0.15, 0.2) is 38.8 Å². The number of furan rings is 1. The Morgan fingerprint density at radius 2 is 2.24 bits per heavy atom. The van der Waals surface area contributed by atoms with Gasteiger partial charge in [0.25, 0.3) is 0 Å². The first-order chi connectivity index (χ1) is 8.27. The van der Waals surface area contributed by atoms with E-state index in [1.807, 2.05) is 30.5 Å². The van der Waals surface area contributed by atoms with Crippen LogP contribution in [-0.4, -0.2) is 5.16 Å². The number of thiophene rings is 1. The van der Waals surface area contributed by atoms with Crippen LogP contribution in [0.2, 0.25) is 0 Å². The van der Waals surface area contributed by atoms with Gasteiger partial charge in [-0.1, -0.05) is 11.2 Å². The molecule has 0 saturated carbocycles. The van der Waals surface area contributed by atoms with Crippen LogP contribution in [0.4, 0.5) is 5.88 Å². The maximum absolute atomic E-state index is 5.82. The van der Waals surface area contributed by atoms with E-state index in [1.54, 1.807) is 17.6 Å². The van der Waals surface area contributed by atoms with Gasteiger partial charge in [0, 0.05) is 4.88 Å². The average molecular weight is 246 g/mol. The smallest absolute Gasteiger partial charge is 0.231 e. The van der Waals surface area contributed by atoms with Gasteiger partial charge in [0.2, 0.25) is 5.88 Å². The fourth-order valence-electron chi connectivity index (χ4n) is 1.73. The third kappa shape index (κ3) is 1.55. The SMILES string of the molecule is Cc1ccoc1-c1noc(N)c1-c1cccs1. The average Bonchev–Trinajstić information content (AvgIpc) is 2.98. The second-order valence-corrected chi connectivity index (χ2v) is 4.63. The molecule has 0 unspecified atom stereocenters. The summed E-state index contributed by atoms with van der Waals surface area (Å²) in [5.74, 6) is 1.02. The van der Waals surface area contributed by atoms with Gasteiger partial charge in [0.15, 0.2) is 11.5 Å². The normalized spacial score (nSPS) is 10.9. The largest absolute Gasteiger partial charge is 0.462 e. The molecule has 3 aromatic heterocycles. The number of anilines is 1. The molecule has 0 aliphatic rings. The van der Waals surface area contributed by atoms with Crippen LogP contribution in [0.3, 0.4) is 0 Å². The molecular formula is C12H10N2O2S. The summed E-state index contributed by atoms with van der Waals surface area (Å²) in [5.41, 5.74) is 8.30. The molecule has 0 amide bonds. The Hall–Kier alpha value is -2.01. The second kappa shape index (κ2) is 3.78. The van der Waals surface area contributed by atoms with E-state index in [2.05, 4.69) is 5.16 Å². The third-order valence-electron chi connectivity index (χ3n) is 2.56. The van der Waals surface area contributed by atoms with E-state index in [0.717, 1.165) is 16.0 Å². The highest BCUT2D eigenvalue weighted by molar-refractivity contribution is 7.13. The molecule has 0 spiro atoms. The van der Waals surface area contributed by atoms with E-state index in [1.165, 1.54) is 0 Å². The zero-order valence-corrected chi connectivity index (χ0v) is 9.95. The molecule has 86 valence electrons. The predicted molar refractivity (Wildman–Crippen MR) is 66.7 cm³/mol. The van der Waals surface area contributed by atoms with Gasteiger partial charge < -0.3 is 14.7 Å². The number of rotatable bonds is 2. The fourth-order valence-corrected chi connectivity index (χ4v) is 2.51. The molecule has 3 aromatic rings. The number of aryl methyl sites for hydroxylation is 1. The monoisotopic (exact) mass is 246 g/mol. The molecule has 17 heavy (non-hydrogen) atoms. The van der Waals surface area contributed by atoms with Crippen molar-refractivity contribution in [1.82, 2.24) is 5.16 Å². The molecule has 4 nitrogen and oxygen atoms in total. The van der Waals surface area contributed by atoms with E-state index in [4.69, 9.17) is 14.7 Å². The highest BCUT2D eigenvalue weighted by Gasteiger charge is 2.21. The van der Waals surface area contributed by atoms with Gasteiger partial charge in [-0.2, -0.15) is 0 Å². The topological polar surface area (TPSA) is 65.2 Å². The number of nitrogen functional groups attached to an aromatic ring is 1. The van der Waals surface area contributed by atoms with Crippen molar-refractivity contribution >= 4 is 17.2 Å². The van der Waals surface area contributed by atoms with Crippen molar-refractivity contribution in [3.05, 3.63) is 35.4 Å². The summed E-state index contributed by atoms with van der Waals surface area (Å²) in [6.07, 6.45) is 1.63. The zero-order chi connectivity index (χ0) is 11.8. The van der Waals surface area contributed by atoms with Crippen LogP contribution in [-0.2, 0) is 0 Å². The van der Waals surface area contributed by atoms with E-state index in [-0.39, 0.29) is 0 Å². The van der Waals surface area contributed by atoms with Gasteiger partial charge in [0.05, 0.1) is 11.8 Å². The summed E-state index contributed by atoms with van der Waals surface area (Å²) in [6, 6.07) is 5.83. The predicted octanol–water partition coefficient (Wildman–Crippen LogP) is 3.55. The quantitative estimate of drug-likeness (QED) is 0.750. The van der Waals surface area contributed by atoms with Gasteiger partial charge in [-0.15, -0.1) is 11.3 Å². The molecule has 0 aliphatic carbocycles. The van der Waals surface area contributed by atoms with E-state index in [9.17, 15) is 0 Å². The standard InChI is InChI=1S/C12H10N2O2S/c1-7-4-5-15-11(7)10-9(12(13)16-14-10)8-3-2-6-17-8/h2-6H,13H2,1H3. The van der Waals surface area contributed by atoms with Crippen LogP contribution >= 0.6 is 11.3 Å². The first kappa shape index (κ1) is 10.2. The Balaban J connectivity index is 2.23. The van der Waals surface area contributed by atoms with E-state index in [0.29, 0.717) is 17.3 Å². The molecule has 0 radical (unpaired) electrons. The van der Waals surface area contributed by atoms with Gasteiger partial charge in [-0.25, -0.2) is 0 Å². The summed E-state index contributed by atoms with van der Waals surface area (Å²) >= 11 is 1.59. The first-order valence-electron chi connectivity index (χ1n) is 5.11. The molecule has 0 fully saturated rings. The lowest BCUT2D eigenvalue weighted by molar-refractivity contribution is 0.436. The zero-order valence-electron chi connectivity index (χ0n) is 9.14. The number of nitrogens with zero attached hydrogens (tertiary/aromatic N) is 1. The molecule has 5 heteroatoms. The molecule has 0 bridgehead atoms. The van der Waals surface area contributed by atoms with Crippen LogP contribution in [0.1, 0.15) is 5.56 Å². The molecule has 3 heterocycles. The van der Waals surface area contributed by atoms with Gasteiger partial charge in [0.1, 0.15) is 0 Å². The molecule has 3 rings (SSSR count). The van der Waals surface area contributed by atoms with Crippen LogP contribution in [0.25, 0.3) is 21.9 Å². The Morgan fingerprint density at radius 1 is 1.35 bits per heavy atom. The minimum Gasteiger partial charge on any atom is -0.462 e. The van der Waals surface area contributed by atoms with Crippen molar-refractivity contribution in [1.29, 1.82) is 0 Å². The fraction of sp³-hybridized carbons (Fsp3) is 0.0833. The van der Waals surface area contributed by atoms with Crippen LogP contribution < -0.4 is 5.73 Å². The van der Waals surface area contributed by atoms with Crippen molar-refractivity contribution in [3.63, 3.8) is 0 Å². The van der Waals surface area contributed by atoms with Gasteiger partial charge in [-0.3, -0.25) is 0 Å². The van der Waals surface area contributed by atoms with Gasteiger partial charge >= 0.3 is 0 Å². The Labute approximate surface area is 102 Å². The number of aromatic nitrogens is 1. The van der Waals surface area contributed by atoms with E-state index < -0.39 is 0 Å². The molecule has 0 aliphatic heterocycles. The van der Waals surface area contributed by atoms with Crippen molar-refractivity contribution in [2.75, 3.05) is 5.73 Å². The van der Waals surface area contributed by atoms with Gasteiger partial charge in [-0.05, 0) is 30.0 Å². The summed E-state index contributed by atoms with van der Waals surface area (Å²) in [4.78, 5) is 1.02. The molecule has 0 atom stereocenters. The lowest BCUT2D eigenvalue weighted by atomic mass is 10.1. The third-order valence-corrected chi connectivity index (χ3v) is 3.45. The number of hydrogen-bond acceptors (Lipinski definition) is 5. The molecular weight excluding hydrogens is 236 g/mol. The summed E-state index contributed by atoms with van der Waals surface area (Å²) in [7, 11) is 0. The summed E-state index contributed by atoms with van der Waals surface area (Å²) in [5, 5.41) is 5.97.